The molecule has 0 amide bonds. The monoisotopic (exact) mass is 286 g/mol. The zero-order valence-corrected chi connectivity index (χ0v) is 11.3. The fraction of sp³-hybridized carbons (Fsp3) is 0.200. The average molecular weight is 286 g/mol. The van der Waals surface area contributed by atoms with E-state index in [2.05, 4.69) is 10.1 Å². The zero-order valence-electron chi connectivity index (χ0n) is 11.3. The first-order valence-electron chi connectivity index (χ1n) is 6.75. The van der Waals surface area contributed by atoms with Gasteiger partial charge in [0.25, 0.3) is 5.56 Å². The standard InChI is InChI=1S/C15H15FN4O/c16-11-4-1-3-10(7-11)13-9-14-18-12(5-2-6-17)8-15(21)20(14)19-13/h1,3-4,7-9,19H,2,5-6,17H2. The quantitative estimate of drug-likeness (QED) is 0.766. The molecule has 0 saturated heterocycles. The van der Waals surface area contributed by atoms with Gasteiger partial charge >= 0.3 is 0 Å². The lowest BCUT2D eigenvalue weighted by Crippen LogP contribution is -2.16. The van der Waals surface area contributed by atoms with E-state index >= 15 is 0 Å². The predicted molar refractivity (Wildman–Crippen MR) is 78.6 cm³/mol. The third-order valence-electron chi connectivity index (χ3n) is 3.28. The highest BCUT2D eigenvalue weighted by Crippen LogP contribution is 2.19. The van der Waals surface area contributed by atoms with Gasteiger partial charge in [0.05, 0.1) is 5.69 Å². The van der Waals surface area contributed by atoms with Gasteiger partial charge in [-0.2, -0.15) is 0 Å². The minimum atomic E-state index is -0.324. The number of nitrogens with one attached hydrogen (secondary N) is 1. The SMILES string of the molecule is NCCCc1cc(=O)n2[nH]c(-c3cccc(F)c3)cc2n1. The van der Waals surface area contributed by atoms with Gasteiger partial charge < -0.3 is 5.73 Å². The maximum Gasteiger partial charge on any atom is 0.272 e. The minimum absolute atomic E-state index is 0.185. The molecule has 0 aliphatic carbocycles. The van der Waals surface area contributed by atoms with Crippen molar-refractivity contribution >= 4 is 5.65 Å². The Bertz CT molecular complexity index is 837. The topological polar surface area (TPSA) is 76.2 Å². The molecular weight excluding hydrogens is 271 g/mol. The summed E-state index contributed by atoms with van der Waals surface area (Å²) < 4.78 is 14.6. The number of nitrogens with two attached hydrogens (primary N) is 1. The molecule has 5 nitrogen and oxygen atoms in total. The van der Waals surface area contributed by atoms with Crippen LogP contribution in [0.4, 0.5) is 4.39 Å². The number of benzene rings is 1. The van der Waals surface area contributed by atoms with Crippen molar-refractivity contribution in [3.05, 3.63) is 58.3 Å². The maximum atomic E-state index is 13.3. The number of aromatic nitrogens is 3. The van der Waals surface area contributed by atoms with Crippen LogP contribution in [0, 0.1) is 5.82 Å². The van der Waals surface area contributed by atoms with Crippen molar-refractivity contribution in [2.24, 2.45) is 5.73 Å². The molecule has 0 radical (unpaired) electrons. The summed E-state index contributed by atoms with van der Waals surface area (Å²) in [5.74, 6) is -0.324. The van der Waals surface area contributed by atoms with Crippen molar-refractivity contribution < 1.29 is 4.39 Å². The summed E-state index contributed by atoms with van der Waals surface area (Å²) >= 11 is 0. The van der Waals surface area contributed by atoms with Crippen LogP contribution in [-0.4, -0.2) is 21.1 Å². The normalized spacial score (nSPS) is 11.1. The number of nitrogens with zero attached hydrogens (tertiary/aromatic N) is 2. The van der Waals surface area contributed by atoms with Crippen LogP contribution in [0.2, 0.25) is 0 Å². The van der Waals surface area contributed by atoms with Gasteiger partial charge in [-0.25, -0.2) is 13.9 Å². The third-order valence-corrected chi connectivity index (χ3v) is 3.28. The van der Waals surface area contributed by atoms with Crippen molar-refractivity contribution in [1.29, 1.82) is 0 Å². The molecule has 1 aromatic carbocycles. The molecule has 0 unspecified atom stereocenters. The van der Waals surface area contributed by atoms with E-state index in [4.69, 9.17) is 5.73 Å². The van der Waals surface area contributed by atoms with E-state index in [1.807, 2.05) is 0 Å². The molecule has 0 atom stereocenters. The summed E-state index contributed by atoms with van der Waals surface area (Å²) in [5.41, 5.74) is 7.84. The first-order chi connectivity index (χ1) is 10.2. The van der Waals surface area contributed by atoms with E-state index in [-0.39, 0.29) is 11.4 Å². The molecule has 0 aliphatic heterocycles. The summed E-state index contributed by atoms with van der Waals surface area (Å²) in [6, 6.07) is 9.41. The second-order valence-electron chi connectivity index (χ2n) is 4.85. The Kier molecular flexibility index (Phi) is 3.53. The Morgan fingerprint density at radius 1 is 1.29 bits per heavy atom. The highest BCUT2D eigenvalue weighted by Gasteiger charge is 2.08. The lowest BCUT2D eigenvalue weighted by atomic mass is 10.1. The van der Waals surface area contributed by atoms with Crippen molar-refractivity contribution in [1.82, 2.24) is 14.6 Å². The number of halogens is 1. The van der Waals surface area contributed by atoms with E-state index in [0.29, 0.717) is 29.9 Å². The summed E-state index contributed by atoms with van der Waals surface area (Å²) in [4.78, 5) is 16.5. The van der Waals surface area contributed by atoms with Gasteiger partial charge in [-0.15, -0.1) is 0 Å². The molecule has 0 bridgehead atoms. The van der Waals surface area contributed by atoms with Crippen LogP contribution in [0.15, 0.2) is 41.2 Å². The maximum absolute atomic E-state index is 13.3. The lowest BCUT2D eigenvalue weighted by Gasteiger charge is -1.99. The second-order valence-corrected chi connectivity index (χ2v) is 4.85. The number of aromatic amines is 1. The number of hydrogen-bond acceptors (Lipinski definition) is 3. The molecule has 3 rings (SSSR count). The summed E-state index contributed by atoms with van der Waals surface area (Å²) in [7, 11) is 0. The molecule has 21 heavy (non-hydrogen) atoms. The van der Waals surface area contributed by atoms with Gasteiger partial charge in [0.1, 0.15) is 5.82 Å². The van der Waals surface area contributed by atoms with Crippen molar-refractivity contribution in [2.45, 2.75) is 12.8 Å². The van der Waals surface area contributed by atoms with Gasteiger partial charge in [0.2, 0.25) is 0 Å². The molecular formula is C15H15FN4O. The summed E-state index contributed by atoms with van der Waals surface area (Å²) in [6.45, 7) is 0.558. The molecule has 6 heteroatoms. The Labute approximate surface area is 120 Å². The van der Waals surface area contributed by atoms with Gasteiger partial charge in [0.15, 0.2) is 5.65 Å². The predicted octanol–water partition coefficient (Wildman–Crippen LogP) is 1.72. The number of H-pyrrole nitrogens is 1. The van der Waals surface area contributed by atoms with Crippen molar-refractivity contribution in [3.63, 3.8) is 0 Å². The van der Waals surface area contributed by atoms with Crippen molar-refractivity contribution in [3.8, 4) is 11.3 Å². The first-order valence-corrected chi connectivity index (χ1v) is 6.75. The summed E-state index contributed by atoms with van der Waals surface area (Å²) in [5, 5.41) is 2.94. The van der Waals surface area contributed by atoms with Gasteiger partial charge in [-0.05, 0) is 31.5 Å². The molecule has 2 heterocycles. The van der Waals surface area contributed by atoms with E-state index < -0.39 is 0 Å². The van der Waals surface area contributed by atoms with Crippen molar-refractivity contribution in [2.75, 3.05) is 6.54 Å². The minimum Gasteiger partial charge on any atom is -0.330 e. The fourth-order valence-corrected chi connectivity index (χ4v) is 2.26. The van der Waals surface area contributed by atoms with Crippen LogP contribution in [0.1, 0.15) is 12.1 Å². The molecule has 0 saturated carbocycles. The molecule has 3 aromatic rings. The molecule has 0 fully saturated rings. The van der Waals surface area contributed by atoms with Crippen LogP contribution < -0.4 is 11.3 Å². The van der Waals surface area contributed by atoms with Gasteiger partial charge in [-0.1, -0.05) is 12.1 Å². The van der Waals surface area contributed by atoms with Crippen LogP contribution in [0.5, 0.6) is 0 Å². The number of hydrogen-bond donors (Lipinski definition) is 2. The summed E-state index contributed by atoms with van der Waals surface area (Å²) in [6.07, 6.45) is 1.45. The van der Waals surface area contributed by atoms with E-state index in [9.17, 15) is 9.18 Å². The van der Waals surface area contributed by atoms with E-state index in [1.165, 1.54) is 22.7 Å². The smallest absolute Gasteiger partial charge is 0.272 e. The second kappa shape index (κ2) is 5.49. The Hall–Kier alpha value is -2.47. The molecule has 0 spiro atoms. The molecule has 2 aromatic heterocycles. The molecule has 0 aliphatic rings. The number of fused-ring (bicyclic) bond motifs is 1. The number of aryl methyl sites for hydroxylation is 1. The third kappa shape index (κ3) is 2.71. The average Bonchev–Trinajstić information content (AvgIpc) is 2.90. The highest BCUT2D eigenvalue weighted by molar-refractivity contribution is 5.63. The van der Waals surface area contributed by atoms with E-state index in [0.717, 1.165) is 12.1 Å². The Morgan fingerprint density at radius 2 is 2.14 bits per heavy atom. The van der Waals surface area contributed by atoms with Crippen LogP contribution in [0.3, 0.4) is 0 Å². The van der Waals surface area contributed by atoms with Crippen LogP contribution in [-0.2, 0) is 6.42 Å². The molecule has 108 valence electrons. The first kappa shape index (κ1) is 13.5. The van der Waals surface area contributed by atoms with Crippen LogP contribution in [0.25, 0.3) is 16.9 Å². The number of rotatable bonds is 4. The van der Waals surface area contributed by atoms with Gasteiger partial charge in [-0.3, -0.25) is 9.89 Å². The highest BCUT2D eigenvalue weighted by atomic mass is 19.1. The Morgan fingerprint density at radius 3 is 2.90 bits per heavy atom. The Balaban J connectivity index is 2.07. The largest absolute Gasteiger partial charge is 0.330 e. The van der Waals surface area contributed by atoms with Gasteiger partial charge in [0, 0.05) is 23.4 Å². The molecule has 3 N–H and O–H groups in total. The van der Waals surface area contributed by atoms with Crippen LogP contribution >= 0.6 is 0 Å². The lowest BCUT2D eigenvalue weighted by molar-refractivity contribution is 0.628. The fourth-order valence-electron chi connectivity index (χ4n) is 2.26. The zero-order chi connectivity index (χ0) is 14.8. The van der Waals surface area contributed by atoms with E-state index in [1.54, 1.807) is 18.2 Å².